The van der Waals surface area contributed by atoms with Crippen molar-refractivity contribution in [3.05, 3.63) is 46.5 Å². The van der Waals surface area contributed by atoms with E-state index in [-0.39, 0.29) is 5.92 Å². The van der Waals surface area contributed by atoms with Crippen LogP contribution in [-0.4, -0.2) is 20.6 Å². The monoisotopic (exact) mass is 327 g/mol. The highest BCUT2D eigenvalue weighted by atomic mass is 79.9. The molecule has 0 radical (unpaired) electrons. The van der Waals surface area contributed by atoms with E-state index in [2.05, 4.69) is 39.0 Å². The predicted octanol–water partition coefficient (Wildman–Crippen LogP) is 3.63. The van der Waals surface area contributed by atoms with Crippen LogP contribution in [0.2, 0.25) is 0 Å². The summed E-state index contributed by atoms with van der Waals surface area (Å²) in [7, 11) is 0. The molecule has 0 N–H and O–H groups in total. The maximum Gasteiger partial charge on any atom is 0.138 e. The summed E-state index contributed by atoms with van der Waals surface area (Å²) >= 11 is 9.68. The third-order valence-electron chi connectivity index (χ3n) is 2.96. The first kappa shape index (κ1) is 13.6. The fourth-order valence-corrected chi connectivity index (χ4v) is 2.87. The molecular formula is C13H15BrClN3. The Labute approximate surface area is 120 Å². The molecule has 0 bridgehead atoms. The molecule has 1 unspecified atom stereocenters. The van der Waals surface area contributed by atoms with Crippen LogP contribution in [-0.2, 0) is 13.0 Å². The van der Waals surface area contributed by atoms with E-state index >= 15 is 0 Å². The van der Waals surface area contributed by atoms with Crippen LogP contribution >= 0.6 is 27.5 Å². The van der Waals surface area contributed by atoms with Crippen molar-refractivity contribution in [3.63, 3.8) is 0 Å². The number of hydrogen-bond acceptors (Lipinski definition) is 2. The first-order valence-electron chi connectivity index (χ1n) is 5.93. The smallest absolute Gasteiger partial charge is 0.138 e. The molecule has 1 atom stereocenters. The van der Waals surface area contributed by atoms with Crippen LogP contribution in [0.4, 0.5) is 0 Å². The van der Waals surface area contributed by atoms with Crippen LogP contribution in [0.1, 0.15) is 24.2 Å². The highest BCUT2D eigenvalue weighted by molar-refractivity contribution is 9.10. The molecular weight excluding hydrogens is 314 g/mol. The lowest BCUT2D eigenvalue weighted by Crippen LogP contribution is -2.11. The maximum atomic E-state index is 6.11. The molecule has 5 heteroatoms. The topological polar surface area (TPSA) is 30.7 Å². The van der Waals surface area contributed by atoms with Crippen LogP contribution in [0, 0.1) is 0 Å². The van der Waals surface area contributed by atoms with Crippen LogP contribution in [0.25, 0.3) is 0 Å². The summed E-state index contributed by atoms with van der Waals surface area (Å²) < 4.78 is 3.01. The van der Waals surface area contributed by atoms with E-state index in [0.29, 0.717) is 5.88 Å². The van der Waals surface area contributed by atoms with Gasteiger partial charge >= 0.3 is 0 Å². The molecule has 0 aliphatic carbocycles. The standard InChI is InChI=1S/C13H15BrClN3/c1-2-18-13(16-9-17-18)7-10(8-15)11-5-3-4-6-12(11)14/h3-6,9-10H,2,7-8H2,1H3. The predicted molar refractivity (Wildman–Crippen MR) is 77.0 cm³/mol. The van der Waals surface area contributed by atoms with Gasteiger partial charge in [0.2, 0.25) is 0 Å². The minimum Gasteiger partial charge on any atom is -0.250 e. The first-order valence-corrected chi connectivity index (χ1v) is 7.26. The molecule has 1 heterocycles. The van der Waals surface area contributed by atoms with E-state index in [9.17, 15) is 0 Å². The zero-order valence-electron chi connectivity index (χ0n) is 10.2. The van der Waals surface area contributed by atoms with E-state index in [4.69, 9.17) is 11.6 Å². The normalized spacial score (nSPS) is 12.6. The lowest BCUT2D eigenvalue weighted by atomic mass is 9.97. The minimum absolute atomic E-state index is 0.247. The number of aromatic nitrogens is 3. The number of aryl methyl sites for hydroxylation is 1. The average Bonchev–Trinajstić information content (AvgIpc) is 2.84. The highest BCUT2D eigenvalue weighted by Gasteiger charge is 2.16. The Morgan fingerprint density at radius 2 is 2.17 bits per heavy atom. The molecule has 1 aromatic carbocycles. The summed E-state index contributed by atoms with van der Waals surface area (Å²) in [6.07, 6.45) is 2.41. The van der Waals surface area contributed by atoms with Gasteiger partial charge in [-0.05, 0) is 18.6 Å². The zero-order valence-corrected chi connectivity index (χ0v) is 12.5. The maximum absolute atomic E-state index is 6.11. The van der Waals surface area contributed by atoms with Crippen molar-refractivity contribution in [2.24, 2.45) is 0 Å². The Balaban J connectivity index is 2.23. The number of rotatable bonds is 5. The van der Waals surface area contributed by atoms with Crippen molar-refractivity contribution in [3.8, 4) is 0 Å². The number of hydrogen-bond donors (Lipinski definition) is 0. The van der Waals surface area contributed by atoms with Crippen molar-refractivity contribution >= 4 is 27.5 Å². The molecule has 3 nitrogen and oxygen atoms in total. The second-order valence-corrected chi connectivity index (χ2v) is 5.23. The molecule has 2 rings (SSSR count). The molecule has 0 aliphatic heterocycles. The van der Waals surface area contributed by atoms with Gasteiger partial charge in [-0.3, -0.25) is 4.68 Å². The average molecular weight is 329 g/mol. The summed E-state index contributed by atoms with van der Waals surface area (Å²) in [5.41, 5.74) is 1.22. The fraction of sp³-hybridized carbons (Fsp3) is 0.385. The molecule has 1 aromatic heterocycles. The van der Waals surface area contributed by atoms with E-state index in [1.807, 2.05) is 22.9 Å². The molecule has 18 heavy (non-hydrogen) atoms. The van der Waals surface area contributed by atoms with E-state index < -0.39 is 0 Å². The van der Waals surface area contributed by atoms with Crippen molar-refractivity contribution in [1.82, 2.24) is 14.8 Å². The fourth-order valence-electron chi connectivity index (χ4n) is 1.98. The van der Waals surface area contributed by atoms with Gasteiger partial charge in [-0.15, -0.1) is 11.6 Å². The molecule has 0 fully saturated rings. The van der Waals surface area contributed by atoms with Crippen LogP contribution in [0.3, 0.4) is 0 Å². The summed E-state index contributed by atoms with van der Waals surface area (Å²) in [5, 5.41) is 4.19. The second kappa shape index (κ2) is 6.34. The van der Waals surface area contributed by atoms with E-state index in [0.717, 1.165) is 23.3 Å². The molecule has 0 saturated carbocycles. The Hall–Kier alpha value is -0.870. The molecule has 0 spiro atoms. The Morgan fingerprint density at radius 3 is 2.83 bits per heavy atom. The number of benzene rings is 1. The SMILES string of the molecule is CCn1ncnc1CC(CCl)c1ccccc1Br. The Morgan fingerprint density at radius 1 is 1.39 bits per heavy atom. The Bertz CT molecular complexity index is 512. The summed E-state index contributed by atoms with van der Waals surface area (Å²) in [5.74, 6) is 1.80. The molecule has 0 amide bonds. The van der Waals surface area contributed by atoms with Crippen molar-refractivity contribution in [2.45, 2.75) is 25.8 Å². The van der Waals surface area contributed by atoms with Gasteiger partial charge in [-0.2, -0.15) is 5.10 Å². The molecule has 96 valence electrons. The summed E-state index contributed by atoms with van der Waals surface area (Å²) in [6, 6.07) is 8.18. The number of alkyl halides is 1. The van der Waals surface area contributed by atoms with Crippen LogP contribution in [0.15, 0.2) is 35.1 Å². The van der Waals surface area contributed by atoms with Gasteiger partial charge in [-0.1, -0.05) is 34.1 Å². The summed E-state index contributed by atoms with van der Waals surface area (Å²) in [6.45, 7) is 2.90. The number of nitrogens with zero attached hydrogens (tertiary/aromatic N) is 3. The lowest BCUT2D eigenvalue weighted by Gasteiger charge is -2.15. The van der Waals surface area contributed by atoms with Crippen LogP contribution < -0.4 is 0 Å². The molecule has 2 aromatic rings. The second-order valence-electron chi connectivity index (χ2n) is 4.07. The third-order valence-corrected chi connectivity index (χ3v) is 4.05. The lowest BCUT2D eigenvalue weighted by molar-refractivity contribution is 0.590. The van der Waals surface area contributed by atoms with Gasteiger partial charge in [0.25, 0.3) is 0 Å². The van der Waals surface area contributed by atoms with Gasteiger partial charge < -0.3 is 0 Å². The molecule has 0 aliphatic rings. The largest absolute Gasteiger partial charge is 0.250 e. The van der Waals surface area contributed by atoms with Gasteiger partial charge in [0.05, 0.1) is 0 Å². The number of halogens is 2. The van der Waals surface area contributed by atoms with E-state index in [1.54, 1.807) is 6.33 Å². The van der Waals surface area contributed by atoms with Crippen molar-refractivity contribution < 1.29 is 0 Å². The zero-order chi connectivity index (χ0) is 13.0. The quantitative estimate of drug-likeness (QED) is 0.785. The van der Waals surface area contributed by atoms with E-state index in [1.165, 1.54) is 5.56 Å². The minimum atomic E-state index is 0.247. The van der Waals surface area contributed by atoms with Gasteiger partial charge in [0.15, 0.2) is 0 Å². The van der Waals surface area contributed by atoms with Crippen molar-refractivity contribution in [1.29, 1.82) is 0 Å². The highest BCUT2D eigenvalue weighted by Crippen LogP contribution is 2.28. The molecule has 0 saturated heterocycles. The first-order chi connectivity index (χ1) is 8.76. The van der Waals surface area contributed by atoms with Gasteiger partial charge in [-0.25, -0.2) is 4.98 Å². The van der Waals surface area contributed by atoms with Gasteiger partial charge in [0, 0.05) is 29.2 Å². The summed E-state index contributed by atoms with van der Waals surface area (Å²) in [4.78, 5) is 4.31. The van der Waals surface area contributed by atoms with Crippen molar-refractivity contribution in [2.75, 3.05) is 5.88 Å². The third kappa shape index (κ3) is 2.93. The van der Waals surface area contributed by atoms with Gasteiger partial charge in [0.1, 0.15) is 12.2 Å². The Kier molecular flexibility index (Phi) is 4.78. The van der Waals surface area contributed by atoms with Crippen LogP contribution in [0.5, 0.6) is 0 Å².